The number of anilines is 1. The fourth-order valence-electron chi connectivity index (χ4n) is 1.42. The fourth-order valence-corrected chi connectivity index (χ4v) is 1.42. The summed E-state index contributed by atoms with van der Waals surface area (Å²) < 4.78 is 51.4. The molecule has 0 spiro atoms. The summed E-state index contributed by atoms with van der Waals surface area (Å²) in [6.45, 7) is 0. The van der Waals surface area contributed by atoms with Gasteiger partial charge in [-0.05, 0) is 24.3 Å². The monoisotopic (exact) mass is 281 g/mol. The van der Waals surface area contributed by atoms with Gasteiger partial charge in [0, 0.05) is 0 Å². The van der Waals surface area contributed by atoms with Gasteiger partial charge in [-0.3, -0.25) is 0 Å². The van der Waals surface area contributed by atoms with Crippen molar-refractivity contribution in [2.75, 3.05) is 5.73 Å². The van der Waals surface area contributed by atoms with E-state index in [1.165, 1.54) is 12.1 Å². The van der Waals surface area contributed by atoms with Gasteiger partial charge in [0.2, 0.25) is 0 Å². The van der Waals surface area contributed by atoms with Crippen molar-refractivity contribution in [3.8, 4) is 5.69 Å². The van der Waals surface area contributed by atoms with Crippen LogP contribution in [-0.2, 0) is 6.18 Å². The molecule has 0 fully saturated rings. The van der Waals surface area contributed by atoms with Crippen LogP contribution < -0.4 is 5.73 Å². The standard InChI is InChI=1S/C10H7F4N3.ClH/c11-6-1-3-7(4-2-6)17-9(10(12,13)14)8(15)5-16-17;/h1-5H,15H2;1H. The summed E-state index contributed by atoms with van der Waals surface area (Å²) in [7, 11) is 0. The van der Waals surface area contributed by atoms with Crippen LogP contribution >= 0.6 is 12.4 Å². The molecule has 1 heterocycles. The molecule has 2 rings (SSSR count). The van der Waals surface area contributed by atoms with E-state index in [4.69, 9.17) is 5.73 Å². The Morgan fingerprint density at radius 3 is 2.17 bits per heavy atom. The first-order chi connectivity index (χ1) is 7.89. The Bertz CT molecular complexity index is 533. The van der Waals surface area contributed by atoms with E-state index in [1.807, 2.05) is 0 Å². The first kappa shape index (κ1) is 14.3. The van der Waals surface area contributed by atoms with Crippen LogP contribution in [0.25, 0.3) is 5.69 Å². The quantitative estimate of drug-likeness (QED) is 0.817. The van der Waals surface area contributed by atoms with Crippen molar-refractivity contribution in [1.82, 2.24) is 9.78 Å². The molecule has 1 aromatic carbocycles. The van der Waals surface area contributed by atoms with Gasteiger partial charge < -0.3 is 5.73 Å². The van der Waals surface area contributed by atoms with Gasteiger partial charge in [-0.15, -0.1) is 12.4 Å². The Labute approximate surface area is 106 Å². The lowest BCUT2D eigenvalue weighted by atomic mass is 10.3. The number of halogens is 5. The zero-order valence-corrected chi connectivity index (χ0v) is 9.60. The maximum Gasteiger partial charge on any atom is 0.435 e. The summed E-state index contributed by atoms with van der Waals surface area (Å²) in [6.07, 6.45) is -3.71. The van der Waals surface area contributed by atoms with Crippen molar-refractivity contribution in [2.45, 2.75) is 6.18 Å². The Hall–Kier alpha value is -1.76. The van der Waals surface area contributed by atoms with Crippen LogP contribution in [0, 0.1) is 5.82 Å². The highest BCUT2D eigenvalue weighted by Crippen LogP contribution is 2.34. The second kappa shape index (κ2) is 4.85. The molecular weight excluding hydrogens is 274 g/mol. The van der Waals surface area contributed by atoms with Crippen molar-refractivity contribution in [3.63, 3.8) is 0 Å². The minimum Gasteiger partial charge on any atom is -0.396 e. The molecule has 98 valence electrons. The molecule has 0 radical (unpaired) electrons. The zero-order valence-electron chi connectivity index (χ0n) is 8.78. The molecule has 0 amide bonds. The lowest BCUT2D eigenvalue weighted by molar-refractivity contribution is -0.142. The van der Waals surface area contributed by atoms with Gasteiger partial charge in [0.1, 0.15) is 5.82 Å². The molecular formula is C10H8ClF4N3. The number of nitrogens with two attached hydrogens (primary N) is 1. The van der Waals surface area contributed by atoms with Crippen molar-refractivity contribution in [1.29, 1.82) is 0 Å². The zero-order chi connectivity index (χ0) is 12.6. The normalized spacial score (nSPS) is 11.1. The van der Waals surface area contributed by atoms with Crippen molar-refractivity contribution in [2.24, 2.45) is 0 Å². The Balaban J connectivity index is 0.00000162. The number of rotatable bonds is 1. The fraction of sp³-hybridized carbons (Fsp3) is 0.100. The molecule has 3 nitrogen and oxygen atoms in total. The van der Waals surface area contributed by atoms with Gasteiger partial charge in [-0.25, -0.2) is 9.07 Å². The van der Waals surface area contributed by atoms with Crippen molar-refractivity contribution >= 4 is 18.1 Å². The van der Waals surface area contributed by atoms with E-state index < -0.39 is 23.4 Å². The Kier molecular flexibility index (Phi) is 3.85. The predicted octanol–water partition coefficient (Wildman–Crippen LogP) is 3.03. The summed E-state index contributed by atoms with van der Waals surface area (Å²) >= 11 is 0. The summed E-state index contributed by atoms with van der Waals surface area (Å²) in [4.78, 5) is 0. The molecule has 18 heavy (non-hydrogen) atoms. The average molecular weight is 282 g/mol. The van der Waals surface area contributed by atoms with Crippen LogP contribution in [0.15, 0.2) is 30.5 Å². The van der Waals surface area contributed by atoms with E-state index in [9.17, 15) is 17.6 Å². The van der Waals surface area contributed by atoms with Gasteiger partial charge in [-0.1, -0.05) is 0 Å². The second-order valence-electron chi connectivity index (χ2n) is 3.33. The lowest BCUT2D eigenvalue weighted by Crippen LogP contribution is -2.15. The summed E-state index contributed by atoms with van der Waals surface area (Å²) in [5, 5.41) is 3.53. The average Bonchev–Trinajstić information content (AvgIpc) is 2.61. The molecule has 8 heteroatoms. The molecule has 0 saturated carbocycles. The molecule has 0 atom stereocenters. The molecule has 0 bridgehead atoms. The van der Waals surface area contributed by atoms with Crippen LogP contribution in [0.1, 0.15) is 5.69 Å². The van der Waals surface area contributed by atoms with E-state index in [0.717, 1.165) is 18.3 Å². The largest absolute Gasteiger partial charge is 0.435 e. The molecule has 0 aliphatic heterocycles. The molecule has 0 aliphatic carbocycles. The SMILES string of the molecule is Cl.Nc1cnn(-c2ccc(F)cc2)c1C(F)(F)F. The first-order valence-corrected chi connectivity index (χ1v) is 4.56. The molecule has 1 aromatic heterocycles. The lowest BCUT2D eigenvalue weighted by Gasteiger charge is -2.11. The number of alkyl halides is 3. The number of aromatic nitrogens is 2. The number of benzene rings is 1. The van der Waals surface area contributed by atoms with Crippen LogP contribution in [-0.4, -0.2) is 9.78 Å². The van der Waals surface area contributed by atoms with Crippen LogP contribution in [0.5, 0.6) is 0 Å². The van der Waals surface area contributed by atoms with Crippen molar-refractivity contribution < 1.29 is 17.6 Å². The highest BCUT2D eigenvalue weighted by molar-refractivity contribution is 5.85. The van der Waals surface area contributed by atoms with Gasteiger partial charge in [0.15, 0.2) is 5.69 Å². The predicted molar refractivity (Wildman–Crippen MR) is 60.2 cm³/mol. The van der Waals surface area contributed by atoms with Crippen LogP contribution in [0.3, 0.4) is 0 Å². The van der Waals surface area contributed by atoms with Crippen molar-refractivity contribution in [3.05, 3.63) is 42.0 Å². The second-order valence-corrected chi connectivity index (χ2v) is 3.33. The molecule has 0 unspecified atom stereocenters. The minimum absolute atomic E-state index is 0. The van der Waals surface area contributed by atoms with E-state index in [0.29, 0.717) is 4.68 Å². The topological polar surface area (TPSA) is 43.8 Å². The third-order valence-corrected chi connectivity index (χ3v) is 2.14. The Morgan fingerprint density at radius 2 is 1.67 bits per heavy atom. The third kappa shape index (κ3) is 2.56. The number of hydrogen-bond acceptors (Lipinski definition) is 2. The summed E-state index contributed by atoms with van der Waals surface area (Å²) in [5.74, 6) is -0.539. The van der Waals surface area contributed by atoms with Gasteiger partial charge in [0.25, 0.3) is 0 Å². The maximum atomic E-state index is 12.7. The highest BCUT2D eigenvalue weighted by Gasteiger charge is 2.38. The molecule has 0 saturated heterocycles. The van der Waals surface area contributed by atoms with E-state index in [-0.39, 0.29) is 18.1 Å². The number of hydrogen-bond donors (Lipinski definition) is 1. The minimum atomic E-state index is -4.62. The summed E-state index contributed by atoms with van der Waals surface area (Å²) in [6, 6.07) is 4.48. The van der Waals surface area contributed by atoms with E-state index in [2.05, 4.69) is 5.10 Å². The van der Waals surface area contributed by atoms with Gasteiger partial charge in [0.05, 0.1) is 17.6 Å². The molecule has 2 aromatic rings. The van der Waals surface area contributed by atoms with Gasteiger partial charge in [-0.2, -0.15) is 18.3 Å². The smallest absolute Gasteiger partial charge is 0.396 e. The first-order valence-electron chi connectivity index (χ1n) is 4.56. The van der Waals surface area contributed by atoms with Crippen LogP contribution in [0.2, 0.25) is 0 Å². The number of nitrogen functional groups attached to an aromatic ring is 1. The Morgan fingerprint density at radius 1 is 1.11 bits per heavy atom. The highest BCUT2D eigenvalue weighted by atomic mass is 35.5. The molecule has 2 N–H and O–H groups in total. The number of nitrogens with zero attached hydrogens (tertiary/aromatic N) is 2. The third-order valence-electron chi connectivity index (χ3n) is 2.14. The molecule has 0 aliphatic rings. The summed E-state index contributed by atoms with van der Waals surface area (Å²) in [5.41, 5.74) is 3.77. The van der Waals surface area contributed by atoms with E-state index in [1.54, 1.807) is 0 Å². The maximum absolute atomic E-state index is 12.7. The van der Waals surface area contributed by atoms with E-state index >= 15 is 0 Å². The van der Waals surface area contributed by atoms with Crippen LogP contribution in [0.4, 0.5) is 23.2 Å². The van der Waals surface area contributed by atoms with Gasteiger partial charge >= 0.3 is 6.18 Å².